The Kier molecular flexibility index (Phi) is 2.73. The fraction of sp³-hybridized carbons (Fsp3) is 0.889. The first kappa shape index (κ1) is 9.52. The zero-order valence-corrected chi connectivity index (χ0v) is 7.92. The Morgan fingerprint density at radius 3 is 2.75 bits per heavy atom. The summed E-state index contributed by atoms with van der Waals surface area (Å²) in [4.78, 5) is 10.4. The van der Waals surface area contributed by atoms with Gasteiger partial charge in [-0.3, -0.25) is 4.79 Å². The van der Waals surface area contributed by atoms with Crippen LogP contribution in [0.15, 0.2) is 0 Å². The van der Waals surface area contributed by atoms with Crippen LogP contribution in [0, 0.1) is 0 Å². The van der Waals surface area contributed by atoms with Crippen LogP contribution in [0.2, 0.25) is 0 Å². The van der Waals surface area contributed by atoms with Gasteiger partial charge in [0.2, 0.25) is 0 Å². The molecule has 3 nitrogen and oxygen atoms in total. The molecule has 70 valence electrons. The van der Waals surface area contributed by atoms with Gasteiger partial charge in [0.25, 0.3) is 0 Å². The first-order chi connectivity index (χ1) is 5.54. The van der Waals surface area contributed by atoms with E-state index in [9.17, 15) is 4.79 Å². The van der Waals surface area contributed by atoms with E-state index < -0.39 is 5.97 Å². The third kappa shape index (κ3) is 1.97. The van der Waals surface area contributed by atoms with Crippen LogP contribution in [0.3, 0.4) is 0 Å². The summed E-state index contributed by atoms with van der Waals surface area (Å²) in [6.45, 7) is 4.15. The maximum Gasteiger partial charge on any atom is 0.309 e. The molecule has 1 aliphatic rings. The molecule has 0 aliphatic carbocycles. The molecule has 12 heavy (non-hydrogen) atoms. The van der Waals surface area contributed by atoms with Gasteiger partial charge in [-0.05, 0) is 6.92 Å². The van der Waals surface area contributed by atoms with Crippen molar-refractivity contribution in [3.63, 3.8) is 0 Å². The molecule has 1 rings (SSSR count). The molecule has 2 atom stereocenters. The van der Waals surface area contributed by atoms with Gasteiger partial charge >= 0.3 is 5.97 Å². The number of nitrogens with zero attached hydrogens (tertiary/aromatic N) is 1. The number of quaternary nitrogens is 1. The summed E-state index contributed by atoms with van der Waals surface area (Å²) in [5, 5.41) is 8.56. The van der Waals surface area contributed by atoms with Crippen LogP contribution in [0.5, 0.6) is 0 Å². The monoisotopic (exact) mass is 172 g/mol. The highest BCUT2D eigenvalue weighted by Crippen LogP contribution is 2.24. The molecule has 0 bridgehead atoms. The number of aliphatic carboxylic acids is 1. The summed E-state index contributed by atoms with van der Waals surface area (Å²) in [5.74, 6) is -0.673. The molecule has 0 aromatic carbocycles. The Bertz CT molecular complexity index is 181. The Morgan fingerprint density at radius 2 is 2.33 bits per heavy atom. The average molecular weight is 172 g/mol. The second-order valence-electron chi connectivity index (χ2n) is 4.06. The zero-order chi connectivity index (χ0) is 9.19. The number of likely N-dealkylation sites (tertiary alicyclic amines) is 1. The van der Waals surface area contributed by atoms with Crippen molar-refractivity contribution in [2.75, 3.05) is 20.1 Å². The molecular formula is C9H18NO2+. The first-order valence-electron chi connectivity index (χ1n) is 4.60. The van der Waals surface area contributed by atoms with Gasteiger partial charge in [-0.15, -0.1) is 0 Å². The van der Waals surface area contributed by atoms with Crippen LogP contribution in [0.25, 0.3) is 0 Å². The topological polar surface area (TPSA) is 37.3 Å². The highest BCUT2D eigenvalue weighted by molar-refractivity contribution is 5.66. The largest absolute Gasteiger partial charge is 0.481 e. The van der Waals surface area contributed by atoms with Crippen molar-refractivity contribution in [3.05, 3.63) is 0 Å². The fourth-order valence-corrected chi connectivity index (χ4v) is 1.96. The van der Waals surface area contributed by atoms with Crippen molar-refractivity contribution in [1.82, 2.24) is 0 Å². The van der Waals surface area contributed by atoms with Gasteiger partial charge in [-0.1, -0.05) is 0 Å². The van der Waals surface area contributed by atoms with Gasteiger partial charge in [0.05, 0.1) is 32.6 Å². The number of carboxylic acid groups (broad SMARTS) is 1. The van der Waals surface area contributed by atoms with Crippen LogP contribution in [0.4, 0.5) is 0 Å². The van der Waals surface area contributed by atoms with Crippen LogP contribution < -0.4 is 0 Å². The third-order valence-corrected chi connectivity index (χ3v) is 3.19. The van der Waals surface area contributed by atoms with Gasteiger partial charge in [-0.2, -0.15) is 0 Å². The van der Waals surface area contributed by atoms with E-state index in [2.05, 4.69) is 14.0 Å². The van der Waals surface area contributed by atoms with E-state index in [-0.39, 0.29) is 0 Å². The van der Waals surface area contributed by atoms with Gasteiger partial charge in [0.15, 0.2) is 0 Å². The molecule has 1 fully saturated rings. The van der Waals surface area contributed by atoms with E-state index in [1.165, 1.54) is 12.8 Å². The van der Waals surface area contributed by atoms with E-state index in [0.717, 1.165) is 17.6 Å². The molecular weight excluding hydrogens is 154 g/mol. The van der Waals surface area contributed by atoms with Crippen molar-refractivity contribution >= 4 is 5.97 Å². The van der Waals surface area contributed by atoms with Crippen LogP contribution in [-0.4, -0.2) is 41.7 Å². The highest BCUT2D eigenvalue weighted by Gasteiger charge is 2.34. The standard InChI is InChI=1S/C9H17NO2/c1-8-4-3-6-10(8,2)7-5-9(11)12/h8H,3-7H2,1-2H3/p+1. The van der Waals surface area contributed by atoms with Crippen LogP contribution in [-0.2, 0) is 4.79 Å². The summed E-state index contributed by atoms with van der Waals surface area (Å²) in [6, 6.07) is 0.643. The Hall–Kier alpha value is -0.570. The molecule has 0 radical (unpaired) electrons. The molecule has 0 aromatic rings. The SMILES string of the molecule is CC1CCC[N+]1(C)CCC(=O)O. The summed E-state index contributed by atoms with van der Waals surface area (Å²) < 4.78 is 0.951. The molecule has 1 N–H and O–H groups in total. The number of hydrogen-bond donors (Lipinski definition) is 1. The summed E-state index contributed by atoms with van der Waals surface area (Å²) >= 11 is 0. The van der Waals surface area contributed by atoms with Gasteiger partial charge in [0, 0.05) is 12.8 Å². The Labute approximate surface area is 73.6 Å². The number of hydrogen-bond acceptors (Lipinski definition) is 1. The Balaban J connectivity index is 2.42. The summed E-state index contributed by atoms with van der Waals surface area (Å²) in [5.41, 5.74) is 0. The molecule has 0 spiro atoms. The quantitative estimate of drug-likeness (QED) is 0.647. The van der Waals surface area contributed by atoms with E-state index in [1.807, 2.05) is 0 Å². The molecule has 0 amide bonds. The molecule has 1 aliphatic heterocycles. The molecule has 1 heterocycles. The number of carboxylic acids is 1. The smallest absolute Gasteiger partial charge is 0.309 e. The van der Waals surface area contributed by atoms with Gasteiger partial charge in [0.1, 0.15) is 0 Å². The van der Waals surface area contributed by atoms with Gasteiger partial charge in [-0.25, -0.2) is 0 Å². The lowest BCUT2D eigenvalue weighted by Gasteiger charge is -2.33. The molecule has 0 aromatic heterocycles. The minimum atomic E-state index is -0.673. The second-order valence-corrected chi connectivity index (χ2v) is 4.06. The van der Waals surface area contributed by atoms with Crippen molar-refractivity contribution in [2.45, 2.75) is 32.2 Å². The number of rotatable bonds is 3. The summed E-state index contributed by atoms with van der Waals surface area (Å²) in [6.07, 6.45) is 2.80. The van der Waals surface area contributed by atoms with Crippen molar-refractivity contribution < 1.29 is 14.4 Å². The molecule has 3 heteroatoms. The van der Waals surface area contributed by atoms with Crippen molar-refractivity contribution in [2.24, 2.45) is 0 Å². The predicted molar refractivity (Wildman–Crippen MR) is 46.9 cm³/mol. The zero-order valence-electron chi connectivity index (χ0n) is 7.92. The van der Waals surface area contributed by atoms with Crippen LogP contribution in [0.1, 0.15) is 26.2 Å². The molecule has 0 saturated carbocycles. The lowest BCUT2D eigenvalue weighted by Crippen LogP contribution is -2.47. The maximum atomic E-state index is 10.4. The fourth-order valence-electron chi connectivity index (χ4n) is 1.96. The minimum Gasteiger partial charge on any atom is -0.481 e. The van der Waals surface area contributed by atoms with E-state index >= 15 is 0 Å². The third-order valence-electron chi connectivity index (χ3n) is 3.19. The van der Waals surface area contributed by atoms with E-state index in [0.29, 0.717) is 12.5 Å². The maximum absolute atomic E-state index is 10.4. The highest BCUT2D eigenvalue weighted by atomic mass is 16.4. The normalized spacial score (nSPS) is 35.3. The minimum absolute atomic E-state index is 0.306. The predicted octanol–water partition coefficient (Wildman–Crippen LogP) is 1.09. The Morgan fingerprint density at radius 1 is 1.67 bits per heavy atom. The van der Waals surface area contributed by atoms with Crippen LogP contribution >= 0.6 is 0 Å². The van der Waals surface area contributed by atoms with E-state index in [4.69, 9.17) is 5.11 Å². The average Bonchev–Trinajstić information content (AvgIpc) is 2.30. The lowest BCUT2D eigenvalue weighted by molar-refractivity contribution is -0.918. The van der Waals surface area contributed by atoms with Crippen molar-refractivity contribution in [1.29, 1.82) is 0 Å². The molecule has 2 unspecified atom stereocenters. The lowest BCUT2D eigenvalue weighted by atomic mass is 10.2. The van der Waals surface area contributed by atoms with Gasteiger partial charge < -0.3 is 9.59 Å². The second kappa shape index (κ2) is 3.44. The first-order valence-corrected chi connectivity index (χ1v) is 4.60. The number of carbonyl (C=O) groups is 1. The van der Waals surface area contributed by atoms with Crippen molar-refractivity contribution in [3.8, 4) is 0 Å². The van der Waals surface area contributed by atoms with E-state index in [1.54, 1.807) is 0 Å². The molecule has 1 saturated heterocycles. The summed E-state index contributed by atoms with van der Waals surface area (Å²) in [7, 11) is 2.17.